The fourth-order valence-corrected chi connectivity index (χ4v) is 0.117. The molecular formula is C5H7FO5. The first-order valence-corrected chi connectivity index (χ1v) is 2.34. The number of carboxylic acid groups (broad SMARTS) is 1. The van der Waals surface area contributed by atoms with E-state index in [4.69, 9.17) is 9.90 Å². The molecule has 5 nitrogen and oxygen atoms in total. The predicted molar refractivity (Wildman–Crippen MR) is 32.2 cm³/mol. The van der Waals surface area contributed by atoms with Crippen molar-refractivity contribution < 1.29 is 28.9 Å². The number of halogens is 1. The minimum Gasteiger partial charge on any atom is -0.448 e. The Kier molecular flexibility index (Phi) is 9.27. The second-order valence-electron chi connectivity index (χ2n) is 1.12. The van der Waals surface area contributed by atoms with Gasteiger partial charge in [-0.3, -0.25) is 4.79 Å². The summed E-state index contributed by atoms with van der Waals surface area (Å²) in [4.78, 5) is 20.7. The van der Waals surface area contributed by atoms with Crippen molar-refractivity contribution in [2.45, 2.75) is 6.92 Å². The maximum absolute atomic E-state index is 10.0. The van der Waals surface area contributed by atoms with E-state index in [1.807, 2.05) is 0 Å². The molecule has 0 rings (SSSR count). The van der Waals surface area contributed by atoms with Crippen LogP contribution in [0.2, 0.25) is 0 Å². The van der Waals surface area contributed by atoms with E-state index in [1.165, 1.54) is 6.92 Å². The minimum atomic E-state index is -1.91. The van der Waals surface area contributed by atoms with E-state index >= 15 is 0 Å². The monoisotopic (exact) mass is 166 g/mol. The second-order valence-corrected chi connectivity index (χ2v) is 1.12. The number of carbonyl (C=O) groups excluding carboxylic acids is 1. The summed E-state index contributed by atoms with van der Waals surface area (Å²) >= 11 is 0. The topological polar surface area (TPSA) is 72.8 Å². The van der Waals surface area contributed by atoms with Gasteiger partial charge in [0.25, 0.3) is 0 Å². The predicted octanol–water partition coefficient (Wildman–Crippen LogP) is 1.26. The maximum Gasteiger partial charge on any atom is 0.542 e. The van der Waals surface area contributed by atoms with Crippen molar-refractivity contribution in [1.82, 2.24) is 0 Å². The lowest BCUT2D eigenvalue weighted by molar-refractivity contribution is -0.135. The first-order valence-electron chi connectivity index (χ1n) is 2.34. The molecule has 0 saturated carbocycles. The van der Waals surface area contributed by atoms with Crippen LogP contribution in [0, 0.1) is 0 Å². The van der Waals surface area contributed by atoms with E-state index in [0.29, 0.717) is 0 Å². The van der Waals surface area contributed by atoms with Gasteiger partial charge in [-0.05, 0) is 0 Å². The van der Waals surface area contributed by atoms with Crippen LogP contribution in [-0.4, -0.2) is 17.2 Å². The number of hydrogen-bond acceptors (Lipinski definition) is 4. The van der Waals surface area contributed by atoms with Gasteiger partial charge in [0.15, 0.2) is 0 Å². The molecule has 64 valence electrons. The van der Waals surface area contributed by atoms with Crippen LogP contribution in [0.3, 0.4) is 0 Å². The molecule has 0 aliphatic carbocycles. The van der Waals surface area contributed by atoms with Crippen molar-refractivity contribution in [3.63, 3.8) is 0 Å². The molecule has 1 N–H and O–H groups in total. The fraction of sp³-hybridized carbons (Fsp3) is 0.200. The molecule has 6 heteroatoms. The Morgan fingerprint density at radius 3 is 2.00 bits per heavy atom. The van der Waals surface area contributed by atoms with Crippen molar-refractivity contribution in [2.75, 3.05) is 0 Å². The zero-order chi connectivity index (χ0) is 9.28. The van der Waals surface area contributed by atoms with Gasteiger partial charge in [0.1, 0.15) is 0 Å². The van der Waals surface area contributed by atoms with Crippen LogP contribution in [-0.2, 0) is 14.5 Å². The van der Waals surface area contributed by atoms with Crippen LogP contribution in [0.15, 0.2) is 12.8 Å². The molecule has 0 aromatic heterocycles. The highest BCUT2D eigenvalue weighted by molar-refractivity contribution is 5.66. The third-order valence-electron chi connectivity index (χ3n) is 0.315. The molecule has 0 amide bonds. The van der Waals surface area contributed by atoms with Crippen LogP contribution in [0.25, 0.3) is 0 Å². The Morgan fingerprint density at radius 1 is 1.64 bits per heavy atom. The van der Waals surface area contributed by atoms with E-state index in [2.05, 4.69) is 16.3 Å². The van der Waals surface area contributed by atoms with Crippen molar-refractivity contribution in [3.8, 4) is 0 Å². The number of esters is 1. The summed E-state index contributed by atoms with van der Waals surface area (Å²) in [5.41, 5.74) is 0. The van der Waals surface area contributed by atoms with Crippen molar-refractivity contribution >= 4 is 12.1 Å². The third-order valence-corrected chi connectivity index (χ3v) is 0.315. The first kappa shape index (κ1) is 12.1. The summed E-state index contributed by atoms with van der Waals surface area (Å²) in [7, 11) is 0. The van der Waals surface area contributed by atoms with E-state index in [-0.39, 0.29) is 5.97 Å². The second kappa shape index (κ2) is 8.41. The number of hydrogen-bond donors (Lipinski definition) is 1. The third kappa shape index (κ3) is 29.7. The largest absolute Gasteiger partial charge is 0.542 e. The zero-order valence-electron chi connectivity index (χ0n) is 5.74. The van der Waals surface area contributed by atoms with Gasteiger partial charge in [-0.15, -0.1) is 0 Å². The Hall–Kier alpha value is -1.59. The average Bonchev–Trinajstić information content (AvgIpc) is 1.89. The van der Waals surface area contributed by atoms with E-state index in [1.54, 1.807) is 0 Å². The Morgan fingerprint density at radius 2 is 2.00 bits per heavy atom. The summed E-state index contributed by atoms with van der Waals surface area (Å²) in [5, 5.41) is 7.12. The van der Waals surface area contributed by atoms with E-state index in [9.17, 15) is 9.32 Å². The molecule has 0 heterocycles. The molecule has 11 heavy (non-hydrogen) atoms. The molecule has 0 unspecified atom stereocenters. The molecule has 0 fully saturated rings. The highest BCUT2D eigenvalue weighted by Crippen LogP contribution is 1.70. The molecular weight excluding hydrogens is 159 g/mol. The Bertz CT molecular complexity index is 144. The highest BCUT2D eigenvalue weighted by atomic mass is 19.3. The van der Waals surface area contributed by atoms with Crippen molar-refractivity contribution in [2.24, 2.45) is 0 Å². The minimum absolute atomic E-state index is 0.329. The molecule has 0 aromatic carbocycles. The molecule has 0 bridgehead atoms. The lowest BCUT2D eigenvalue weighted by atomic mass is 10.8. The Labute approximate surface area is 61.9 Å². The lowest BCUT2D eigenvalue weighted by Gasteiger charge is -1.83. The van der Waals surface area contributed by atoms with Gasteiger partial charge in [0.2, 0.25) is 0 Å². The van der Waals surface area contributed by atoms with E-state index in [0.717, 1.165) is 6.26 Å². The number of carbonyl (C=O) groups is 2. The van der Waals surface area contributed by atoms with Crippen molar-refractivity contribution in [3.05, 3.63) is 12.8 Å². The summed E-state index contributed by atoms with van der Waals surface area (Å²) < 4.78 is 14.2. The van der Waals surface area contributed by atoms with Crippen LogP contribution in [0.5, 0.6) is 0 Å². The van der Waals surface area contributed by atoms with Crippen LogP contribution in [0.1, 0.15) is 6.92 Å². The first-order chi connectivity index (χ1) is 5.04. The molecule has 0 radical (unpaired) electrons. The molecule has 0 atom stereocenters. The summed E-state index contributed by atoms with van der Waals surface area (Å²) in [6, 6.07) is 0. The van der Waals surface area contributed by atoms with Gasteiger partial charge in [0.05, 0.1) is 6.26 Å². The molecule has 0 spiro atoms. The fourth-order valence-electron chi connectivity index (χ4n) is 0.117. The zero-order valence-corrected chi connectivity index (χ0v) is 5.74. The highest BCUT2D eigenvalue weighted by Gasteiger charge is 1.87. The standard InChI is InChI=1S/C4H6O2.CHFO3/c1-3-6-4(2)5;2-5-1(3)4/h3H,1H2,2H3;(H,3,4). The summed E-state index contributed by atoms with van der Waals surface area (Å²) in [5.74, 6) is -0.329. The SMILES string of the molecule is C=COC(C)=O.O=C(O)OF. The average molecular weight is 166 g/mol. The quantitative estimate of drug-likeness (QED) is 0.468. The van der Waals surface area contributed by atoms with Crippen LogP contribution >= 0.6 is 0 Å². The smallest absolute Gasteiger partial charge is 0.448 e. The molecule has 0 aromatic rings. The molecule has 0 aliphatic rings. The van der Waals surface area contributed by atoms with Gasteiger partial charge in [-0.2, -0.15) is 0 Å². The summed E-state index contributed by atoms with van der Waals surface area (Å²) in [6.45, 7) is 4.48. The van der Waals surface area contributed by atoms with Crippen molar-refractivity contribution in [1.29, 1.82) is 0 Å². The normalized spacial score (nSPS) is 6.73. The molecule has 0 aliphatic heterocycles. The number of rotatable bonds is 1. The van der Waals surface area contributed by atoms with Gasteiger partial charge < -0.3 is 9.84 Å². The number of ether oxygens (including phenoxy) is 1. The lowest BCUT2D eigenvalue weighted by Crippen LogP contribution is -1.87. The van der Waals surface area contributed by atoms with Crippen LogP contribution < -0.4 is 0 Å². The Balaban J connectivity index is 0. The van der Waals surface area contributed by atoms with Gasteiger partial charge in [0, 0.05) is 11.4 Å². The maximum atomic E-state index is 10.0. The van der Waals surface area contributed by atoms with E-state index < -0.39 is 6.16 Å². The summed E-state index contributed by atoms with van der Waals surface area (Å²) in [6.07, 6.45) is -0.812. The van der Waals surface area contributed by atoms with Crippen LogP contribution in [0.4, 0.5) is 9.32 Å². The van der Waals surface area contributed by atoms with Gasteiger partial charge in [-0.25, -0.2) is 9.74 Å². The van der Waals surface area contributed by atoms with Gasteiger partial charge >= 0.3 is 12.1 Å². The van der Waals surface area contributed by atoms with Gasteiger partial charge in [-0.1, -0.05) is 6.58 Å². The molecule has 0 saturated heterocycles.